The molecule has 0 unspecified atom stereocenters. The molecule has 0 aliphatic carbocycles. The molecular weight excluding hydrogens is 266 g/mol. The Morgan fingerprint density at radius 1 is 1.43 bits per heavy atom. The number of pyridine rings is 1. The van der Waals surface area contributed by atoms with Gasteiger partial charge in [-0.15, -0.1) is 0 Å². The molecule has 1 N–H and O–H groups in total. The average molecular weight is 291 g/mol. The monoisotopic (exact) mass is 291 g/mol. The summed E-state index contributed by atoms with van der Waals surface area (Å²) >= 11 is 0. The summed E-state index contributed by atoms with van der Waals surface area (Å²) in [4.78, 5) is 19.9. The van der Waals surface area contributed by atoms with Gasteiger partial charge in [-0.1, -0.05) is 6.07 Å². The van der Waals surface area contributed by atoms with Crippen molar-refractivity contribution >= 4 is 11.8 Å². The molecule has 0 spiro atoms. The van der Waals surface area contributed by atoms with Crippen LogP contribution in [0, 0.1) is 5.92 Å². The van der Waals surface area contributed by atoms with Gasteiger partial charge in [-0.2, -0.15) is 0 Å². The van der Waals surface area contributed by atoms with Crippen LogP contribution in [0.4, 0.5) is 5.82 Å². The highest BCUT2D eigenvalue weighted by Crippen LogP contribution is 2.22. The predicted octanol–water partition coefficient (Wildman–Crippen LogP) is 2.22. The van der Waals surface area contributed by atoms with Gasteiger partial charge in [0.2, 0.25) is 0 Å². The van der Waals surface area contributed by atoms with E-state index in [4.69, 9.17) is 5.11 Å². The van der Waals surface area contributed by atoms with Crippen LogP contribution < -0.4 is 4.90 Å². The van der Waals surface area contributed by atoms with E-state index in [9.17, 15) is 4.79 Å². The molecule has 1 fully saturated rings. The summed E-state index contributed by atoms with van der Waals surface area (Å²) in [6.07, 6.45) is 3.33. The highest BCUT2D eigenvalue weighted by molar-refractivity contribution is 5.70. The van der Waals surface area contributed by atoms with Crippen LogP contribution in [0.3, 0.4) is 0 Å². The molecule has 0 radical (unpaired) electrons. The van der Waals surface area contributed by atoms with Crippen molar-refractivity contribution in [2.75, 3.05) is 25.0 Å². The molecular formula is C16H25N3O2. The molecule has 0 bridgehead atoms. The van der Waals surface area contributed by atoms with Gasteiger partial charge in [-0.3, -0.25) is 9.69 Å². The number of piperidine rings is 1. The van der Waals surface area contributed by atoms with Gasteiger partial charge in [-0.25, -0.2) is 4.98 Å². The predicted molar refractivity (Wildman–Crippen MR) is 83.4 cm³/mol. The number of rotatable bonds is 5. The quantitative estimate of drug-likeness (QED) is 0.901. The van der Waals surface area contributed by atoms with Crippen LogP contribution in [0.25, 0.3) is 0 Å². The van der Waals surface area contributed by atoms with Gasteiger partial charge >= 0.3 is 5.97 Å². The third-order valence-electron chi connectivity index (χ3n) is 4.29. The third-order valence-corrected chi connectivity index (χ3v) is 4.29. The maximum atomic E-state index is 11.0. The number of nitrogens with zero attached hydrogens (tertiary/aromatic N) is 3. The van der Waals surface area contributed by atoms with Crippen molar-refractivity contribution in [3.05, 3.63) is 23.9 Å². The van der Waals surface area contributed by atoms with Crippen molar-refractivity contribution in [3.63, 3.8) is 0 Å². The van der Waals surface area contributed by atoms with E-state index in [-0.39, 0.29) is 5.92 Å². The lowest BCUT2D eigenvalue weighted by molar-refractivity contribution is -0.142. The standard InChI is InChI=1S/C16H25N3O2/c1-12(2)18(3)11-13-4-5-15(17-10-13)19-8-6-14(7-9-19)16(20)21/h4-5,10,12,14H,6-9,11H2,1-3H3,(H,20,21). The molecule has 116 valence electrons. The summed E-state index contributed by atoms with van der Waals surface area (Å²) in [5.41, 5.74) is 1.20. The number of hydrogen-bond acceptors (Lipinski definition) is 4. The molecule has 0 saturated carbocycles. The molecule has 1 aliphatic rings. The molecule has 1 aliphatic heterocycles. The number of aromatic nitrogens is 1. The van der Waals surface area contributed by atoms with Crippen LogP contribution in [0.15, 0.2) is 18.3 Å². The van der Waals surface area contributed by atoms with E-state index in [2.05, 4.69) is 41.7 Å². The van der Waals surface area contributed by atoms with Crippen molar-refractivity contribution in [2.45, 2.75) is 39.3 Å². The van der Waals surface area contributed by atoms with Crippen LogP contribution in [-0.2, 0) is 11.3 Å². The number of anilines is 1. The molecule has 0 amide bonds. The van der Waals surface area contributed by atoms with E-state index in [1.807, 2.05) is 12.3 Å². The van der Waals surface area contributed by atoms with E-state index in [1.54, 1.807) is 0 Å². The normalized spacial score (nSPS) is 16.7. The fourth-order valence-corrected chi connectivity index (χ4v) is 2.52. The Bertz CT molecular complexity index is 465. The zero-order chi connectivity index (χ0) is 15.4. The first-order valence-corrected chi connectivity index (χ1v) is 7.60. The highest BCUT2D eigenvalue weighted by atomic mass is 16.4. The second-order valence-corrected chi connectivity index (χ2v) is 6.13. The molecule has 5 heteroatoms. The summed E-state index contributed by atoms with van der Waals surface area (Å²) in [5.74, 6) is 0.0877. The second kappa shape index (κ2) is 6.89. The minimum absolute atomic E-state index is 0.194. The topological polar surface area (TPSA) is 56.7 Å². The summed E-state index contributed by atoms with van der Waals surface area (Å²) in [6, 6.07) is 4.68. The molecule has 0 aromatic carbocycles. The molecule has 2 heterocycles. The first kappa shape index (κ1) is 15.8. The Labute approximate surface area is 126 Å². The maximum absolute atomic E-state index is 11.0. The molecule has 1 aromatic rings. The Kier molecular flexibility index (Phi) is 5.17. The lowest BCUT2D eigenvalue weighted by Gasteiger charge is -2.31. The lowest BCUT2D eigenvalue weighted by atomic mass is 9.97. The highest BCUT2D eigenvalue weighted by Gasteiger charge is 2.24. The molecule has 0 atom stereocenters. The molecule has 1 saturated heterocycles. The average Bonchev–Trinajstić information content (AvgIpc) is 2.48. The number of carboxylic acids is 1. The van der Waals surface area contributed by atoms with Crippen molar-refractivity contribution in [2.24, 2.45) is 5.92 Å². The minimum Gasteiger partial charge on any atom is -0.481 e. The molecule has 1 aromatic heterocycles. The summed E-state index contributed by atoms with van der Waals surface area (Å²) in [5, 5.41) is 9.02. The van der Waals surface area contributed by atoms with Crippen LogP contribution in [0.5, 0.6) is 0 Å². The Hall–Kier alpha value is -1.62. The third kappa shape index (κ3) is 4.17. The fraction of sp³-hybridized carbons (Fsp3) is 0.625. The van der Waals surface area contributed by atoms with E-state index < -0.39 is 5.97 Å². The van der Waals surface area contributed by atoms with Gasteiger partial charge < -0.3 is 10.0 Å². The summed E-state index contributed by atoms with van der Waals surface area (Å²) < 4.78 is 0. The largest absolute Gasteiger partial charge is 0.481 e. The van der Waals surface area contributed by atoms with Gasteiger partial charge in [0, 0.05) is 31.9 Å². The maximum Gasteiger partial charge on any atom is 0.306 e. The Morgan fingerprint density at radius 3 is 2.57 bits per heavy atom. The van der Waals surface area contributed by atoms with E-state index >= 15 is 0 Å². The number of carbonyl (C=O) groups is 1. The van der Waals surface area contributed by atoms with Crippen molar-refractivity contribution < 1.29 is 9.90 Å². The van der Waals surface area contributed by atoms with Gasteiger partial charge in [0.1, 0.15) is 5.82 Å². The summed E-state index contributed by atoms with van der Waals surface area (Å²) in [7, 11) is 2.11. The van der Waals surface area contributed by atoms with Crippen LogP contribution in [-0.4, -0.2) is 47.1 Å². The first-order chi connectivity index (χ1) is 9.97. The van der Waals surface area contributed by atoms with Crippen LogP contribution >= 0.6 is 0 Å². The SMILES string of the molecule is CC(C)N(C)Cc1ccc(N2CCC(C(=O)O)CC2)nc1. The van der Waals surface area contributed by atoms with Gasteiger partial charge in [0.15, 0.2) is 0 Å². The zero-order valence-electron chi connectivity index (χ0n) is 13.1. The Morgan fingerprint density at radius 2 is 2.10 bits per heavy atom. The Balaban J connectivity index is 1.92. The zero-order valence-corrected chi connectivity index (χ0v) is 13.1. The van der Waals surface area contributed by atoms with E-state index in [0.717, 1.165) is 25.5 Å². The number of hydrogen-bond donors (Lipinski definition) is 1. The second-order valence-electron chi connectivity index (χ2n) is 6.13. The van der Waals surface area contributed by atoms with Crippen LogP contribution in [0.2, 0.25) is 0 Å². The van der Waals surface area contributed by atoms with Gasteiger partial charge in [-0.05, 0) is 45.4 Å². The first-order valence-electron chi connectivity index (χ1n) is 7.60. The lowest BCUT2D eigenvalue weighted by Crippen LogP contribution is -2.36. The van der Waals surface area contributed by atoms with Gasteiger partial charge in [0.25, 0.3) is 0 Å². The van der Waals surface area contributed by atoms with Gasteiger partial charge in [0.05, 0.1) is 5.92 Å². The van der Waals surface area contributed by atoms with Crippen molar-refractivity contribution in [3.8, 4) is 0 Å². The number of aliphatic carboxylic acids is 1. The van der Waals surface area contributed by atoms with Crippen molar-refractivity contribution in [1.82, 2.24) is 9.88 Å². The number of carboxylic acid groups (broad SMARTS) is 1. The van der Waals surface area contributed by atoms with Crippen LogP contribution in [0.1, 0.15) is 32.3 Å². The summed E-state index contributed by atoms with van der Waals surface area (Å²) in [6.45, 7) is 6.79. The molecule has 21 heavy (non-hydrogen) atoms. The van der Waals surface area contributed by atoms with Crippen molar-refractivity contribution in [1.29, 1.82) is 0 Å². The fourth-order valence-electron chi connectivity index (χ4n) is 2.52. The molecule has 2 rings (SSSR count). The van der Waals surface area contributed by atoms with E-state index in [1.165, 1.54) is 5.56 Å². The molecule has 5 nitrogen and oxygen atoms in total. The smallest absolute Gasteiger partial charge is 0.306 e. The minimum atomic E-state index is -0.672. The van der Waals surface area contributed by atoms with E-state index in [0.29, 0.717) is 18.9 Å².